The molecule has 0 saturated carbocycles. The number of rotatable bonds is 14. The standard InChI is InChI=1S/C19H37NO/c1-4-5-6-7-8-9-10-11-12-13-14-15-16-17-19(21)20-18(2)3/h9-10,18H,4-8,11-17H2,1-3H3,(H,20,21)/b10-9-. The van der Waals surface area contributed by atoms with Crippen molar-refractivity contribution in [2.75, 3.05) is 0 Å². The maximum absolute atomic E-state index is 11.4. The van der Waals surface area contributed by atoms with E-state index in [1.165, 1.54) is 64.2 Å². The molecule has 2 heteroatoms. The van der Waals surface area contributed by atoms with Crippen molar-refractivity contribution in [2.24, 2.45) is 0 Å². The Labute approximate surface area is 132 Å². The summed E-state index contributed by atoms with van der Waals surface area (Å²) in [5.41, 5.74) is 0. The van der Waals surface area contributed by atoms with Crippen LogP contribution in [0.2, 0.25) is 0 Å². The molecule has 0 aliphatic heterocycles. The number of carbonyl (C=O) groups is 1. The van der Waals surface area contributed by atoms with Gasteiger partial charge in [0.2, 0.25) is 5.91 Å². The second-order valence-corrected chi connectivity index (χ2v) is 6.35. The fourth-order valence-electron chi connectivity index (χ4n) is 2.40. The van der Waals surface area contributed by atoms with Gasteiger partial charge >= 0.3 is 0 Å². The van der Waals surface area contributed by atoms with E-state index in [0.717, 1.165) is 6.42 Å². The second kappa shape index (κ2) is 15.6. The molecule has 0 atom stereocenters. The van der Waals surface area contributed by atoms with Crippen LogP contribution in [0, 0.1) is 0 Å². The Hall–Kier alpha value is -0.790. The third-order valence-corrected chi connectivity index (χ3v) is 3.62. The molecule has 0 heterocycles. The summed E-state index contributed by atoms with van der Waals surface area (Å²) in [6, 6.07) is 0.270. The number of unbranched alkanes of at least 4 members (excludes halogenated alkanes) is 9. The fourth-order valence-corrected chi connectivity index (χ4v) is 2.40. The topological polar surface area (TPSA) is 29.1 Å². The Morgan fingerprint density at radius 1 is 0.857 bits per heavy atom. The minimum absolute atomic E-state index is 0.205. The van der Waals surface area contributed by atoms with Gasteiger partial charge in [-0.2, -0.15) is 0 Å². The molecule has 21 heavy (non-hydrogen) atoms. The highest BCUT2D eigenvalue weighted by molar-refractivity contribution is 5.76. The number of nitrogens with one attached hydrogen (secondary N) is 1. The van der Waals surface area contributed by atoms with Crippen LogP contribution in [0.3, 0.4) is 0 Å². The van der Waals surface area contributed by atoms with Gasteiger partial charge in [0.15, 0.2) is 0 Å². The summed E-state index contributed by atoms with van der Waals surface area (Å²) >= 11 is 0. The second-order valence-electron chi connectivity index (χ2n) is 6.35. The first-order chi connectivity index (χ1) is 10.2. The average molecular weight is 296 g/mol. The first-order valence-electron chi connectivity index (χ1n) is 9.11. The van der Waals surface area contributed by atoms with Crippen molar-refractivity contribution in [3.05, 3.63) is 12.2 Å². The van der Waals surface area contributed by atoms with E-state index in [9.17, 15) is 4.79 Å². The molecule has 0 rings (SSSR count). The van der Waals surface area contributed by atoms with Crippen molar-refractivity contribution in [2.45, 2.75) is 104 Å². The van der Waals surface area contributed by atoms with Gasteiger partial charge in [0.25, 0.3) is 0 Å². The van der Waals surface area contributed by atoms with Gasteiger partial charge in [-0.15, -0.1) is 0 Å². The van der Waals surface area contributed by atoms with Crippen molar-refractivity contribution in [3.63, 3.8) is 0 Å². The van der Waals surface area contributed by atoms with E-state index in [2.05, 4.69) is 24.4 Å². The zero-order valence-electron chi connectivity index (χ0n) is 14.6. The number of allylic oxidation sites excluding steroid dienone is 2. The Balaban J connectivity index is 3.18. The zero-order chi connectivity index (χ0) is 15.8. The van der Waals surface area contributed by atoms with Crippen molar-refractivity contribution in [3.8, 4) is 0 Å². The lowest BCUT2D eigenvalue weighted by molar-refractivity contribution is -0.121. The summed E-state index contributed by atoms with van der Waals surface area (Å²) in [5, 5.41) is 2.94. The molecule has 0 aliphatic rings. The van der Waals surface area contributed by atoms with Crippen LogP contribution in [0.4, 0.5) is 0 Å². The van der Waals surface area contributed by atoms with E-state index >= 15 is 0 Å². The lowest BCUT2D eigenvalue weighted by Crippen LogP contribution is -2.29. The molecule has 0 aromatic rings. The molecule has 0 aliphatic carbocycles. The molecule has 0 fully saturated rings. The summed E-state index contributed by atoms with van der Waals surface area (Å²) in [6.45, 7) is 6.27. The normalized spacial score (nSPS) is 11.4. The third kappa shape index (κ3) is 17.2. The fraction of sp³-hybridized carbons (Fsp3) is 0.842. The van der Waals surface area contributed by atoms with E-state index in [1.54, 1.807) is 0 Å². The van der Waals surface area contributed by atoms with Crippen molar-refractivity contribution >= 4 is 5.91 Å². The molecule has 0 radical (unpaired) electrons. The van der Waals surface area contributed by atoms with Gasteiger partial charge < -0.3 is 5.32 Å². The highest BCUT2D eigenvalue weighted by atomic mass is 16.1. The summed E-state index contributed by atoms with van der Waals surface area (Å²) in [4.78, 5) is 11.4. The Morgan fingerprint density at radius 3 is 1.95 bits per heavy atom. The predicted molar refractivity (Wildman–Crippen MR) is 93.5 cm³/mol. The van der Waals surface area contributed by atoms with Crippen LogP contribution in [0.15, 0.2) is 12.2 Å². The Morgan fingerprint density at radius 2 is 1.38 bits per heavy atom. The molecule has 0 aromatic heterocycles. The zero-order valence-corrected chi connectivity index (χ0v) is 14.6. The van der Waals surface area contributed by atoms with E-state index in [4.69, 9.17) is 0 Å². The number of hydrogen-bond acceptors (Lipinski definition) is 1. The van der Waals surface area contributed by atoms with Crippen LogP contribution in [-0.4, -0.2) is 11.9 Å². The third-order valence-electron chi connectivity index (χ3n) is 3.62. The Bertz CT molecular complexity index is 258. The lowest BCUT2D eigenvalue weighted by atomic mass is 10.1. The van der Waals surface area contributed by atoms with Crippen LogP contribution in [-0.2, 0) is 4.79 Å². The molecule has 0 saturated heterocycles. The van der Waals surface area contributed by atoms with Crippen LogP contribution in [0.5, 0.6) is 0 Å². The van der Waals surface area contributed by atoms with Gasteiger partial charge in [-0.1, -0.05) is 57.6 Å². The molecule has 0 spiro atoms. The lowest BCUT2D eigenvalue weighted by Gasteiger charge is -2.07. The van der Waals surface area contributed by atoms with Gasteiger partial charge in [-0.3, -0.25) is 4.79 Å². The maximum Gasteiger partial charge on any atom is 0.220 e. The average Bonchev–Trinajstić information content (AvgIpc) is 2.43. The maximum atomic E-state index is 11.4. The van der Waals surface area contributed by atoms with Gasteiger partial charge in [-0.25, -0.2) is 0 Å². The molecule has 0 bridgehead atoms. The highest BCUT2D eigenvalue weighted by Gasteiger charge is 2.01. The Kier molecular flexibility index (Phi) is 15.0. The first-order valence-corrected chi connectivity index (χ1v) is 9.11. The number of amides is 1. The smallest absolute Gasteiger partial charge is 0.220 e. The first kappa shape index (κ1) is 20.2. The van der Waals surface area contributed by atoms with Gasteiger partial charge in [0.05, 0.1) is 0 Å². The number of hydrogen-bond donors (Lipinski definition) is 1. The molecular weight excluding hydrogens is 258 g/mol. The van der Waals surface area contributed by atoms with E-state index in [0.29, 0.717) is 6.42 Å². The highest BCUT2D eigenvalue weighted by Crippen LogP contribution is 2.08. The van der Waals surface area contributed by atoms with Gasteiger partial charge in [0, 0.05) is 12.5 Å². The van der Waals surface area contributed by atoms with Crippen LogP contribution in [0.1, 0.15) is 97.8 Å². The molecule has 2 nitrogen and oxygen atoms in total. The summed E-state index contributed by atoms with van der Waals surface area (Å²) < 4.78 is 0. The monoisotopic (exact) mass is 295 g/mol. The predicted octanol–water partition coefficient (Wildman–Crippen LogP) is 5.77. The van der Waals surface area contributed by atoms with Gasteiger partial charge in [-0.05, 0) is 46.0 Å². The quantitative estimate of drug-likeness (QED) is 0.320. The van der Waals surface area contributed by atoms with Crippen molar-refractivity contribution < 1.29 is 4.79 Å². The van der Waals surface area contributed by atoms with E-state index in [1.807, 2.05) is 13.8 Å². The van der Waals surface area contributed by atoms with E-state index < -0.39 is 0 Å². The number of carbonyl (C=O) groups excluding carboxylic acids is 1. The summed E-state index contributed by atoms with van der Waals surface area (Å²) in [5.74, 6) is 0.205. The van der Waals surface area contributed by atoms with Crippen molar-refractivity contribution in [1.29, 1.82) is 0 Å². The summed E-state index contributed by atoms with van der Waals surface area (Å²) in [6.07, 6.45) is 19.4. The van der Waals surface area contributed by atoms with E-state index in [-0.39, 0.29) is 11.9 Å². The largest absolute Gasteiger partial charge is 0.354 e. The molecular formula is C19H37NO. The van der Waals surface area contributed by atoms with Crippen LogP contribution in [0.25, 0.3) is 0 Å². The minimum atomic E-state index is 0.205. The van der Waals surface area contributed by atoms with Gasteiger partial charge in [0.1, 0.15) is 0 Å². The summed E-state index contributed by atoms with van der Waals surface area (Å²) in [7, 11) is 0. The SMILES string of the molecule is CCCCCC/C=C\CCCCCCCC(=O)NC(C)C. The molecule has 124 valence electrons. The van der Waals surface area contributed by atoms with Crippen LogP contribution < -0.4 is 5.32 Å². The van der Waals surface area contributed by atoms with Crippen molar-refractivity contribution in [1.82, 2.24) is 5.32 Å². The molecule has 0 aromatic carbocycles. The molecule has 0 unspecified atom stereocenters. The minimum Gasteiger partial charge on any atom is -0.354 e. The molecule has 1 amide bonds. The van der Waals surface area contributed by atoms with Crippen LogP contribution >= 0.6 is 0 Å². The molecule has 1 N–H and O–H groups in total.